The van der Waals surface area contributed by atoms with Crippen LogP contribution in [0.25, 0.3) is 0 Å². The van der Waals surface area contributed by atoms with Gasteiger partial charge in [0.05, 0.1) is 6.61 Å². The van der Waals surface area contributed by atoms with Gasteiger partial charge in [-0.2, -0.15) is 5.26 Å². The van der Waals surface area contributed by atoms with Crippen LogP contribution in [-0.4, -0.2) is 25.9 Å². The Morgan fingerprint density at radius 2 is 1.65 bits per heavy atom. The van der Waals surface area contributed by atoms with Crippen LogP contribution in [0.5, 0.6) is 0 Å². The van der Waals surface area contributed by atoms with Gasteiger partial charge >= 0.3 is 6.09 Å². The maximum absolute atomic E-state index is 11.3. The molecule has 0 aromatic carbocycles. The van der Waals surface area contributed by atoms with Crippen molar-refractivity contribution in [1.82, 2.24) is 5.32 Å². The van der Waals surface area contributed by atoms with Crippen LogP contribution in [0.3, 0.4) is 0 Å². The molecule has 20 heavy (non-hydrogen) atoms. The van der Waals surface area contributed by atoms with E-state index < -0.39 is 0 Å². The molecule has 0 unspecified atom stereocenters. The highest BCUT2D eigenvalue weighted by molar-refractivity contribution is 5.66. The molecule has 0 rings (SSSR count). The highest BCUT2D eigenvalue weighted by Crippen LogP contribution is 2.02. The smallest absolute Gasteiger partial charge is 0.407 e. The number of nitrogens with one attached hydrogen (secondary N) is 1. The molecule has 0 aromatic rings. The Labute approximate surface area is 122 Å². The number of amides is 1. The van der Waals surface area contributed by atoms with E-state index in [0.717, 1.165) is 38.5 Å². The lowest BCUT2D eigenvalue weighted by atomic mass is 10.2. The fraction of sp³-hybridized carbons (Fsp3) is 0.867. The molecule has 0 aromatic heterocycles. The molecule has 0 saturated heterocycles. The van der Waals surface area contributed by atoms with Gasteiger partial charge in [-0.1, -0.05) is 39.0 Å². The van der Waals surface area contributed by atoms with Gasteiger partial charge in [-0.15, -0.1) is 0 Å². The molecule has 0 atom stereocenters. The SMILES string of the molecule is CCCCCCCOC(=O)NCCCCCCOC#N. The summed E-state index contributed by atoms with van der Waals surface area (Å²) < 4.78 is 9.65. The Bertz CT molecular complexity index is 264. The zero-order valence-electron chi connectivity index (χ0n) is 12.7. The van der Waals surface area contributed by atoms with E-state index in [2.05, 4.69) is 17.0 Å². The molecule has 0 bridgehead atoms. The van der Waals surface area contributed by atoms with Crippen molar-refractivity contribution in [3.05, 3.63) is 0 Å². The standard InChI is InChI=1S/C15H28N2O3/c1-2-3-4-6-10-13-20-15(18)17-11-8-5-7-9-12-19-14-16/h2-13H2,1H3,(H,17,18). The average Bonchev–Trinajstić information content (AvgIpc) is 2.45. The zero-order valence-corrected chi connectivity index (χ0v) is 12.7. The molecule has 0 spiro atoms. The highest BCUT2D eigenvalue weighted by Gasteiger charge is 2.00. The predicted octanol–water partition coefficient (Wildman–Crippen LogP) is 3.74. The number of unbranched alkanes of at least 4 members (excludes halogenated alkanes) is 7. The van der Waals surface area contributed by atoms with Crippen LogP contribution >= 0.6 is 0 Å². The van der Waals surface area contributed by atoms with Crippen LogP contribution in [-0.2, 0) is 9.47 Å². The molecule has 0 aliphatic heterocycles. The van der Waals surface area contributed by atoms with Crippen LogP contribution in [0.15, 0.2) is 0 Å². The minimum atomic E-state index is -0.312. The Hall–Kier alpha value is -1.44. The van der Waals surface area contributed by atoms with Gasteiger partial charge < -0.3 is 14.8 Å². The summed E-state index contributed by atoms with van der Waals surface area (Å²) in [4.78, 5) is 11.3. The minimum absolute atomic E-state index is 0.312. The van der Waals surface area contributed by atoms with Crippen LogP contribution in [0.4, 0.5) is 4.79 Å². The van der Waals surface area contributed by atoms with E-state index in [-0.39, 0.29) is 6.09 Å². The van der Waals surface area contributed by atoms with Crippen LogP contribution in [0.1, 0.15) is 64.7 Å². The Morgan fingerprint density at radius 3 is 2.35 bits per heavy atom. The molecule has 0 fully saturated rings. The lowest BCUT2D eigenvalue weighted by molar-refractivity contribution is 0.143. The van der Waals surface area contributed by atoms with Crippen LogP contribution < -0.4 is 5.32 Å². The number of carbonyl (C=O) groups excluding carboxylic acids is 1. The summed E-state index contributed by atoms with van der Waals surface area (Å²) in [5.41, 5.74) is 0. The summed E-state index contributed by atoms with van der Waals surface area (Å²) in [6, 6.07) is 0. The van der Waals surface area contributed by atoms with Crippen molar-refractivity contribution in [3.8, 4) is 6.26 Å². The normalized spacial score (nSPS) is 9.80. The van der Waals surface area contributed by atoms with E-state index in [1.54, 1.807) is 6.26 Å². The Balaban J connectivity index is 3.15. The van der Waals surface area contributed by atoms with Gasteiger partial charge in [-0.3, -0.25) is 0 Å². The number of carbonyl (C=O) groups is 1. The summed E-state index contributed by atoms with van der Waals surface area (Å²) in [5.74, 6) is 0. The Morgan fingerprint density at radius 1 is 1.00 bits per heavy atom. The fourth-order valence-electron chi connectivity index (χ4n) is 1.81. The fourth-order valence-corrected chi connectivity index (χ4v) is 1.81. The number of hydrogen-bond acceptors (Lipinski definition) is 4. The lowest BCUT2D eigenvalue weighted by Gasteiger charge is -2.06. The molecular formula is C15H28N2O3. The largest absolute Gasteiger partial charge is 0.450 e. The quantitative estimate of drug-likeness (QED) is 0.413. The van der Waals surface area contributed by atoms with Gasteiger partial charge in [0, 0.05) is 6.54 Å². The van der Waals surface area contributed by atoms with E-state index in [9.17, 15) is 4.79 Å². The first kappa shape index (κ1) is 18.6. The van der Waals surface area contributed by atoms with Crippen molar-refractivity contribution < 1.29 is 14.3 Å². The molecule has 0 aliphatic rings. The third-order valence-electron chi connectivity index (χ3n) is 2.99. The van der Waals surface area contributed by atoms with Crippen molar-refractivity contribution in [2.24, 2.45) is 0 Å². The summed E-state index contributed by atoms with van der Waals surface area (Å²) in [6.07, 6.45) is 11.0. The minimum Gasteiger partial charge on any atom is -0.450 e. The summed E-state index contributed by atoms with van der Waals surface area (Å²) in [7, 11) is 0. The van der Waals surface area contributed by atoms with Crippen molar-refractivity contribution >= 4 is 6.09 Å². The van der Waals surface area contributed by atoms with E-state index in [1.165, 1.54) is 19.3 Å². The number of nitriles is 1. The van der Waals surface area contributed by atoms with Gasteiger partial charge in [0.2, 0.25) is 0 Å². The highest BCUT2D eigenvalue weighted by atomic mass is 16.5. The zero-order chi connectivity index (χ0) is 14.9. The second-order valence-electron chi connectivity index (χ2n) is 4.83. The second-order valence-corrected chi connectivity index (χ2v) is 4.83. The summed E-state index contributed by atoms with van der Waals surface area (Å²) in [6.45, 7) is 3.83. The van der Waals surface area contributed by atoms with E-state index in [0.29, 0.717) is 19.8 Å². The van der Waals surface area contributed by atoms with Crippen LogP contribution in [0, 0.1) is 11.5 Å². The van der Waals surface area contributed by atoms with E-state index in [4.69, 9.17) is 10.00 Å². The van der Waals surface area contributed by atoms with Gasteiger partial charge in [0.15, 0.2) is 0 Å². The third kappa shape index (κ3) is 14.6. The molecule has 0 heterocycles. The molecule has 5 nitrogen and oxygen atoms in total. The molecule has 0 saturated carbocycles. The number of rotatable bonds is 13. The second kappa shape index (κ2) is 15.6. The van der Waals surface area contributed by atoms with Crippen molar-refractivity contribution in [2.45, 2.75) is 64.7 Å². The summed E-state index contributed by atoms with van der Waals surface area (Å²) >= 11 is 0. The number of hydrogen-bond donors (Lipinski definition) is 1. The van der Waals surface area contributed by atoms with Gasteiger partial charge in [0.1, 0.15) is 6.61 Å². The van der Waals surface area contributed by atoms with Crippen molar-refractivity contribution in [3.63, 3.8) is 0 Å². The lowest BCUT2D eigenvalue weighted by Crippen LogP contribution is -2.25. The molecule has 0 aliphatic carbocycles. The topological polar surface area (TPSA) is 71.3 Å². The van der Waals surface area contributed by atoms with Gasteiger partial charge in [0.25, 0.3) is 6.26 Å². The maximum atomic E-state index is 11.3. The number of ether oxygens (including phenoxy) is 2. The summed E-state index contributed by atoms with van der Waals surface area (Å²) in [5, 5.41) is 10.9. The van der Waals surface area contributed by atoms with Crippen molar-refractivity contribution in [2.75, 3.05) is 19.8 Å². The third-order valence-corrected chi connectivity index (χ3v) is 2.99. The molecule has 1 N–H and O–H groups in total. The first-order valence-electron chi connectivity index (χ1n) is 7.72. The van der Waals surface area contributed by atoms with Crippen LogP contribution in [0.2, 0.25) is 0 Å². The Kier molecular flexibility index (Phi) is 14.5. The average molecular weight is 284 g/mol. The van der Waals surface area contributed by atoms with Gasteiger partial charge in [-0.25, -0.2) is 4.79 Å². The molecule has 1 amide bonds. The number of alkyl carbamates (subject to hydrolysis) is 1. The molecular weight excluding hydrogens is 256 g/mol. The molecule has 0 radical (unpaired) electrons. The predicted molar refractivity (Wildman–Crippen MR) is 78.1 cm³/mol. The van der Waals surface area contributed by atoms with Crippen molar-refractivity contribution in [1.29, 1.82) is 5.26 Å². The molecule has 116 valence electrons. The first-order chi connectivity index (χ1) is 9.81. The maximum Gasteiger partial charge on any atom is 0.407 e. The van der Waals surface area contributed by atoms with E-state index in [1.807, 2.05) is 0 Å². The number of nitrogens with zero attached hydrogens (tertiary/aromatic N) is 1. The van der Waals surface area contributed by atoms with Gasteiger partial charge in [-0.05, 0) is 25.7 Å². The first-order valence-corrected chi connectivity index (χ1v) is 7.72. The monoisotopic (exact) mass is 284 g/mol. The molecule has 5 heteroatoms. The van der Waals surface area contributed by atoms with E-state index >= 15 is 0 Å².